The predicted molar refractivity (Wildman–Crippen MR) is 81.1 cm³/mol. The number of halogens is 1. The highest BCUT2D eigenvalue weighted by atomic mass is 35.5. The van der Waals surface area contributed by atoms with Crippen LogP contribution in [0.1, 0.15) is 24.6 Å². The number of rotatable bonds is 4. The topological polar surface area (TPSA) is 49.4 Å². The molecule has 2 amide bonds. The summed E-state index contributed by atoms with van der Waals surface area (Å²) in [6.45, 7) is 3.03. The van der Waals surface area contributed by atoms with Crippen LogP contribution in [0.15, 0.2) is 17.5 Å². The van der Waals surface area contributed by atoms with Crippen molar-refractivity contribution in [3.8, 4) is 0 Å². The Balaban J connectivity index is 1.74. The van der Waals surface area contributed by atoms with Crippen LogP contribution in [0.4, 0.5) is 0 Å². The molecule has 2 heterocycles. The van der Waals surface area contributed by atoms with Gasteiger partial charge < -0.3 is 10.2 Å². The molecule has 6 heteroatoms. The summed E-state index contributed by atoms with van der Waals surface area (Å²) in [4.78, 5) is 26.5. The molecule has 0 spiro atoms. The Labute approximate surface area is 128 Å². The van der Waals surface area contributed by atoms with Crippen molar-refractivity contribution >= 4 is 34.8 Å². The molecule has 20 heavy (non-hydrogen) atoms. The number of hydrogen-bond acceptors (Lipinski definition) is 3. The lowest BCUT2D eigenvalue weighted by Crippen LogP contribution is -2.48. The molecular weight excluding hydrogens is 296 g/mol. The van der Waals surface area contributed by atoms with Crippen molar-refractivity contribution in [1.82, 2.24) is 10.2 Å². The first kappa shape index (κ1) is 15.3. The largest absolute Gasteiger partial charge is 0.353 e. The number of piperidine rings is 1. The SMILES string of the molecule is CC(Cl)C(=O)N1CCC(NC(=O)Cc2cccs2)CC1. The number of amides is 2. The average molecular weight is 315 g/mol. The van der Waals surface area contributed by atoms with E-state index in [2.05, 4.69) is 5.32 Å². The van der Waals surface area contributed by atoms with Crippen LogP contribution in [0.2, 0.25) is 0 Å². The van der Waals surface area contributed by atoms with Crippen LogP contribution in [-0.4, -0.2) is 41.2 Å². The van der Waals surface area contributed by atoms with E-state index in [9.17, 15) is 9.59 Å². The number of thiophene rings is 1. The molecule has 1 atom stereocenters. The molecule has 1 fully saturated rings. The Morgan fingerprint density at radius 2 is 2.20 bits per heavy atom. The second-order valence-electron chi connectivity index (χ2n) is 5.04. The Morgan fingerprint density at radius 1 is 1.50 bits per heavy atom. The third-order valence-corrected chi connectivity index (χ3v) is 4.49. The summed E-state index contributed by atoms with van der Waals surface area (Å²) in [5.74, 6) is 0.0398. The molecule has 0 aliphatic carbocycles. The second kappa shape index (κ2) is 7.09. The van der Waals surface area contributed by atoms with E-state index in [1.165, 1.54) is 0 Å². The Bertz CT molecular complexity index is 454. The van der Waals surface area contributed by atoms with Crippen molar-refractivity contribution < 1.29 is 9.59 Å². The van der Waals surface area contributed by atoms with Gasteiger partial charge in [0, 0.05) is 24.0 Å². The number of carbonyl (C=O) groups is 2. The molecule has 0 saturated carbocycles. The second-order valence-corrected chi connectivity index (χ2v) is 6.73. The summed E-state index contributed by atoms with van der Waals surface area (Å²) in [6, 6.07) is 4.08. The van der Waals surface area contributed by atoms with Gasteiger partial charge >= 0.3 is 0 Å². The van der Waals surface area contributed by atoms with E-state index in [0.29, 0.717) is 19.5 Å². The molecule has 1 saturated heterocycles. The van der Waals surface area contributed by atoms with Crippen LogP contribution < -0.4 is 5.32 Å². The molecule has 0 aromatic carbocycles. The van der Waals surface area contributed by atoms with Crippen molar-refractivity contribution in [2.24, 2.45) is 0 Å². The summed E-state index contributed by atoms with van der Waals surface area (Å²) in [6.07, 6.45) is 2.03. The van der Waals surface area contributed by atoms with E-state index in [1.54, 1.807) is 23.2 Å². The monoisotopic (exact) mass is 314 g/mol. The van der Waals surface area contributed by atoms with Crippen molar-refractivity contribution in [1.29, 1.82) is 0 Å². The zero-order valence-electron chi connectivity index (χ0n) is 11.5. The smallest absolute Gasteiger partial charge is 0.240 e. The lowest BCUT2D eigenvalue weighted by molar-refractivity contribution is -0.131. The van der Waals surface area contributed by atoms with Crippen LogP contribution >= 0.6 is 22.9 Å². The third-order valence-electron chi connectivity index (χ3n) is 3.43. The lowest BCUT2D eigenvalue weighted by Gasteiger charge is -2.33. The molecule has 1 N–H and O–H groups in total. The number of hydrogen-bond donors (Lipinski definition) is 1. The third kappa shape index (κ3) is 4.21. The number of carbonyl (C=O) groups excluding carboxylic acids is 2. The summed E-state index contributed by atoms with van der Waals surface area (Å²) in [5, 5.41) is 4.54. The first-order valence-electron chi connectivity index (χ1n) is 6.81. The Kier molecular flexibility index (Phi) is 5.43. The molecular formula is C14H19ClN2O2S. The number of alkyl halides is 1. The van der Waals surface area contributed by atoms with E-state index >= 15 is 0 Å². The Morgan fingerprint density at radius 3 is 2.75 bits per heavy atom. The van der Waals surface area contributed by atoms with Crippen LogP contribution in [0, 0.1) is 0 Å². The summed E-state index contributed by atoms with van der Waals surface area (Å²) in [5.41, 5.74) is 0. The van der Waals surface area contributed by atoms with Crippen molar-refractivity contribution in [3.05, 3.63) is 22.4 Å². The zero-order valence-corrected chi connectivity index (χ0v) is 13.0. The van der Waals surface area contributed by atoms with Crippen LogP contribution in [-0.2, 0) is 16.0 Å². The van der Waals surface area contributed by atoms with Gasteiger partial charge in [-0.25, -0.2) is 0 Å². The number of nitrogens with one attached hydrogen (secondary N) is 1. The van der Waals surface area contributed by atoms with E-state index in [0.717, 1.165) is 17.7 Å². The lowest BCUT2D eigenvalue weighted by atomic mass is 10.0. The summed E-state index contributed by atoms with van der Waals surface area (Å²) < 4.78 is 0. The maximum Gasteiger partial charge on any atom is 0.240 e. The molecule has 0 bridgehead atoms. The molecule has 1 unspecified atom stereocenters. The first-order chi connectivity index (χ1) is 9.56. The molecule has 1 aliphatic heterocycles. The quantitative estimate of drug-likeness (QED) is 0.865. The molecule has 1 aliphatic rings. The van der Waals surface area contributed by atoms with Crippen LogP contribution in [0.25, 0.3) is 0 Å². The molecule has 1 aromatic heterocycles. The van der Waals surface area contributed by atoms with Gasteiger partial charge in [0.1, 0.15) is 5.38 Å². The minimum atomic E-state index is -0.472. The van der Waals surface area contributed by atoms with E-state index in [4.69, 9.17) is 11.6 Å². The van der Waals surface area contributed by atoms with Gasteiger partial charge in [-0.05, 0) is 31.2 Å². The van der Waals surface area contributed by atoms with E-state index < -0.39 is 5.38 Å². The van der Waals surface area contributed by atoms with Gasteiger partial charge in [0.25, 0.3) is 0 Å². The van der Waals surface area contributed by atoms with Crippen LogP contribution in [0.3, 0.4) is 0 Å². The number of nitrogens with zero attached hydrogens (tertiary/aromatic N) is 1. The van der Waals surface area contributed by atoms with Crippen molar-refractivity contribution in [2.75, 3.05) is 13.1 Å². The van der Waals surface area contributed by atoms with Crippen molar-refractivity contribution in [3.63, 3.8) is 0 Å². The normalized spacial score (nSPS) is 17.8. The summed E-state index contributed by atoms with van der Waals surface area (Å²) >= 11 is 7.39. The number of likely N-dealkylation sites (tertiary alicyclic amines) is 1. The van der Waals surface area contributed by atoms with Gasteiger partial charge in [0.05, 0.1) is 6.42 Å². The van der Waals surface area contributed by atoms with E-state index in [-0.39, 0.29) is 17.9 Å². The fourth-order valence-corrected chi connectivity index (χ4v) is 3.19. The first-order valence-corrected chi connectivity index (χ1v) is 8.12. The van der Waals surface area contributed by atoms with Crippen molar-refractivity contribution in [2.45, 2.75) is 37.6 Å². The molecule has 2 rings (SSSR count). The summed E-state index contributed by atoms with van der Waals surface area (Å²) in [7, 11) is 0. The maximum atomic E-state index is 11.9. The highest BCUT2D eigenvalue weighted by Crippen LogP contribution is 2.14. The predicted octanol–water partition coefficient (Wildman–Crippen LogP) is 2.03. The van der Waals surface area contributed by atoms with Gasteiger partial charge in [-0.1, -0.05) is 6.07 Å². The van der Waals surface area contributed by atoms with E-state index in [1.807, 2.05) is 17.5 Å². The minimum absolute atomic E-state index is 0.0185. The molecule has 1 aromatic rings. The van der Waals surface area contributed by atoms with Gasteiger partial charge in [0.15, 0.2) is 0 Å². The minimum Gasteiger partial charge on any atom is -0.353 e. The molecule has 0 radical (unpaired) electrons. The molecule has 4 nitrogen and oxygen atoms in total. The highest BCUT2D eigenvalue weighted by Gasteiger charge is 2.25. The fourth-order valence-electron chi connectivity index (χ4n) is 2.35. The van der Waals surface area contributed by atoms with Crippen LogP contribution in [0.5, 0.6) is 0 Å². The maximum absolute atomic E-state index is 11.9. The Hall–Kier alpha value is -1.07. The highest BCUT2D eigenvalue weighted by molar-refractivity contribution is 7.10. The average Bonchev–Trinajstić information content (AvgIpc) is 2.91. The fraction of sp³-hybridized carbons (Fsp3) is 0.571. The van der Waals surface area contributed by atoms with Gasteiger partial charge in [0.2, 0.25) is 11.8 Å². The zero-order chi connectivity index (χ0) is 14.5. The molecule has 110 valence electrons. The van der Waals surface area contributed by atoms with Gasteiger partial charge in [-0.3, -0.25) is 9.59 Å². The van der Waals surface area contributed by atoms with Gasteiger partial charge in [-0.2, -0.15) is 0 Å². The van der Waals surface area contributed by atoms with Gasteiger partial charge in [-0.15, -0.1) is 22.9 Å². The standard InChI is InChI=1S/C14H19ClN2O2S/c1-10(15)14(19)17-6-4-11(5-7-17)16-13(18)9-12-3-2-8-20-12/h2-3,8,10-11H,4-7,9H2,1H3,(H,16,18).